The van der Waals surface area contributed by atoms with E-state index >= 15 is 0 Å². The van der Waals surface area contributed by atoms with E-state index in [0.29, 0.717) is 16.8 Å². The molecule has 4 nitrogen and oxygen atoms in total. The summed E-state index contributed by atoms with van der Waals surface area (Å²) in [4.78, 5) is 12.1. The molecular weight excluding hydrogens is 259 g/mol. The second-order valence-corrected chi connectivity index (χ2v) is 4.21. The number of phenols is 1. The number of halogens is 1. The quantitative estimate of drug-likeness (QED) is 0.881. The Kier molecular flexibility index (Phi) is 3.67. The molecule has 0 saturated heterocycles. The van der Waals surface area contributed by atoms with Crippen molar-refractivity contribution in [3.05, 3.63) is 58.9 Å². The van der Waals surface area contributed by atoms with E-state index in [1.807, 2.05) is 0 Å². The van der Waals surface area contributed by atoms with Gasteiger partial charge in [-0.2, -0.15) is 5.26 Å². The third kappa shape index (κ3) is 2.59. The van der Waals surface area contributed by atoms with E-state index < -0.39 is 11.7 Å². The molecule has 2 N–H and O–H groups in total. The topological polar surface area (TPSA) is 73.1 Å². The van der Waals surface area contributed by atoms with Crippen LogP contribution >= 0.6 is 0 Å². The number of anilines is 1. The van der Waals surface area contributed by atoms with Crippen LogP contribution in [0.2, 0.25) is 0 Å². The van der Waals surface area contributed by atoms with Crippen molar-refractivity contribution in [2.75, 3.05) is 5.32 Å². The molecule has 0 aliphatic carbocycles. The summed E-state index contributed by atoms with van der Waals surface area (Å²) in [7, 11) is 0. The summed E-state index contributed by atoms with van der Waals surface area (Å²) in [6, 6.07) is 10.1. The van der Waals surface area contributed by atoms with Gasteiger partial charge in [0.05, 0.1) is 5.56 Å². The lowest BCUT2D eigenvalue weighted by Crippen LogP contribution is -2.13. The SMILES string of the molecule is Cc1c(O)cccc1C(=O)Nc1ccc(F)c(C#N)c1. The minimum Gasteiger partial charge on any atom is -0.508 e. The van der Waals surface area contributed by atoms with Crippen LogP contribution in [0.15, 0.2) is 36.4 Å². The number of phenolic OH excluding ortho intramolecular Hbond substituents is 1. The molecule has 20 heavy (non-hydrogen) atoms. The lowest BCUT2D eigenvalue weighted by Gasteiger charge is -2.09. The summed E-state index contributed by atoms with van der Waals surface area (Å²) >= 11 is 0. The number of benzene rings is 2. The van der Waals surface area contributed by atoms with Crippen molar-refractivity contribution < 1.29 is 14.3 Å². The van der Waals surface area contributed by atoms with Crippen LogP contribution in [0.4, 0.5) is 10.1 Å². The van der Waals surface area contributed by atoms with Gasteiger partial charge in [-0.3, -0.25) is 4.79 Å². The molecule has 0 unspecified atom stereocenters. The molecule has 5 heteroatoms. The smallest absolute Gasteiger partial charge is 0.256 e. The second kappa shape index (κ2) is 5.41. The number of carbonyl (C=O) groups is 1. The Bertz CT molecular complexity index is 720. The van der Waals surface area contributed by atoms with Gasteiger partial charge in [-0.15, -0.1) is 0 Å². The Morgan fingerprint density at radius 3 is 2.80 bits per heavy atom. The van der Waals surface area contributed by atoms with Gasteiger partial charge < -0.3 is 10.4 Å². The zero-order valence-corrected chi connectivity index (χ0v) is 10.6. The molecular formula is C15H11FN2O2. The number of nitrogens with zero attached hydrogens (tertiary/aromatic N) is 1. The Labute approximate surface area is 115 Å². The molecule has 1 amide bonds. The molecule has 0 aliphatic heterocycles. The lowest BCUT2D eigenvalue weighted by molar-refractivity contribution is 0.102. The second-order valence-electron chi connectivity index (χ2n) is 4.21. The van der Waals surface area contributed by atoms with E-state index in [1.54, 1.807) is 25.1 Å². The van der Waals surface area contributed by atoms with Crippen LogP contribution in [0.3, 0.4) is 0 Å². The van der Waals surface area contributed by atoms with Crippen molar-refractivity contribution in [1.82, 2.24) is 0 Å². The number of amides is 1. The number of hydrogen-bond acceptors (Lipinski definition) is 3. The Hall–Kier alpha value is -2.87. The summed E-state index contributed by atoms with van der Waals surface area (Å²) < 4.78 is 13.2. The van der Waals surface area contributed by atoms with Gasteiger partial charge in [-0.05, 0) is 37.3 Å². The molecule has 0 atom stereocenters. The van der Waals surface area contributed by atoms with Crippen molar-refractivity contribution in [1.29, 1.82) is 5.26 Å². The van der Waals surface area contributed by atoms with Gasteiger partial charge in [-0.1, -0.05) is 6.07 Å². The molecule has 2 aromatic rings. The molecule has 0 heterocycles. The van der Waals surface area contributed by atoms with Crippen molar-refractivity contribution in [2.24, 2.45) is 0 Å². The molecule has 0 radical (unpaired) electrons. The van der Waals surface area contributed by atoms with Crippen molar-refractivity contribution in [3.63, 3.8) is 0 Å². The fourth-order valence-electron chi connectivity index (χ4n) is 1.76. The van der Waals surface area contributed by atoms with E-state index in [4.69, 9.17) is 5.26 Å². The van der Waals surface area contributed by atoms with E-state index in [1.165, 1.54) is 18.2 Å². The van der Waals surface area contributed by atoms with E-state index in [-0.39, 0.29) is 11.3 Å². The fraction of sp³-hybridized carbons (Fsp3) is 0.0667. The number of rotatable bonds is 2. The highest BCUT2D eigenvalue weighted by Gasteiger charge is 2.12. The van der Waals surface area contributed by atoms with Crippen LogP contribution in [0, 0.1) is 24.1 Å². The normalized spacial score (nSPS) is 9.85. The zero-order valence-electron chi connectivity index (χ0n) is 10.6. The summed E-state index contributed by atoms with van der Waals surface area (Å²) in [5.41, 5.74) is 0.937. The minimum absolute atomic E-state index is 0.0227. The molecule has 0 aromatic heterocycles. The Morgan fingerprint density at radius 2 is 2.10 bits per heavy atom. The lowest BCUT2D eigenvalue weighted by atomic mass is 10.1. The largest absolute Gasteiger partial charge is 0.508 e. The average molecular weight is 270 g/mol. The fourth-order valence-corrected chi connectivity index (χ4v) is 1.76. The number of carbonyl (C=O) groups excluding carboxylic acids is 1. The zero-order chi connectivity index (χ0) is 14.7. The van der Waals surface area contributed by atoms with Gasteiger partial charge in [0.25, 0.3) is 5.91 Å². The van der Waals surface area contributed by atoms with Crippen LogP contribution in [0.1, 0.15) is 21.5 Å². The number of nitrogens with one attached hydrogen (secondary N) is 1. The van der Waals surface area contributed by atoms with Gasteiger partial charge in [0, 0.05) is 16.8 Å². The van der Waals surface area contributed by atoms with Gasteiger partial charge in [-0.25, -0.2) is 4.39 Å². The molecule has 0 spiro atoms. The van der Waals surface area contributed by atoms with Crippen LogP contribution in [0.5, 0.6) is 5.75 Å². The van der Waals surface area contributed by atoms with Gasteiger partial charge in [0.15, 0.2) is 0 Å². The Balaban J connectivity index is 2.29. The molecule has 2 aromatic carbocycles. The molecule has 0 saturated carbocycles. The third-order valence-corrected chi connectivity index (χ3v) is 2.89. The Morgan fingerprint density at radius 1 is 1.35 bits per heavy atom. The predicted octanol–water partition coefficient (Wildman–Crippen LogP) is 2.96. The first-order valence-electron chi connectivity index (χ1n) is 5.82. The molecule has 0 bridgehead atoms. The molecule has 100 valence electrons. The molecule has 0 fully saturated rings. The first kappa shape index (κ1) is 13.6. The maximum Gasteiger partial charge on any atom is 0.256 e. The standard InChI is InChI=1S/C15H11FN2O2/c1-9-12(3-2-4-14(9)19)15(20)18-11-5-6-13(16)10(7-11)8-17/h2-7,19H,1H3,(H,18,20). The summed E-state index contributed by atoms with van der Waals surface area (Å²) in [6.07, 6.45) is 0. The first-order valence-corrected chi connectivity index (χ1v) is 5.82. The summed E-state index contributed by atoms with van der Waals surface area (Å²) in [6.45, 7) is 1.62. The van der Waals surface area contributed by atoms with Gasteiger partial charge in [0.2, 0.25) is 0 Å². The van der Waals surface area contributed by atoms with Crippen LogP contribution in [-0.2, 0) is 0 Å². The summed E-state index contributed by atoms with van der Waals surface area (Å²) in [5, 5.41) is 20.9. The number of nitriles is 1. The van der Waals surface area contributed by atoms with Crippen molar-refractivity contribution in [3.8, 4) is 11.8 Å². The minimum atomic E-state index is -0.640. The highest BCUT2D eigenvalue weighted by molar-refractivity contribution is 6.05. The highest BCUT2D eigenvalue weighted by Crippen LogP contribution is 2.21. The number of hydrogen-bond donors (Lipinski definition) is 2. The van der Waals surface area contributed by atoms with E-state index in [9.17, 15) is 14.3 Å². The van der Waals surface area contributed by atoms with Crippen LogP contribution < -0.4 is 5.32 Å². The maximum atomic E-state index is 13.2. The van der Waals surface area contributed by atoms with Gasteiger partial charge >= 0.3 is 0 Å². The monoisotopic (exact) mass is 270 g/mol. The van der Waals surface area contributed by atoms with E-state index in [2.05, 4.69) is 5.32 Å². The average Bonchev–Trinajstić information content (AvgIpc) is 2.43. The van der Waals surface area contributed by atoms with Crippen LogP contribution in [0.25, 0.3) is 0 Å². The first-order chi connectivity index (χ1) is 9.52. The summed E-state index contributed by atoms with van der Waals surface area (Å²) in [5.74, 6) is -1.05. The molecule has 2 rings (SSSR count). The number of aromatic hydroxyl groups is 1. The predicted molar refractivity (Wildman–Crippen MR) is 71.9 cm³/mol. The van der Waals surface area contributed by atoms with Gasteiger partial charge in [0.1, 0.15) is 17.6 Å². The van der Waals surface area contributed by atoms with Crippen LogP contribution in [-0.4, -0.2) is 11.0 Å². The van der Waals surface area contributed by atoms with E-state index in [0.717, 1.165) is 6.07 Å². The van der Waals surface area contributed by atoms with Crippen molar-refractivity contribution in [2.45, 2.75) is 6.92 Å². The maximum absolute atomic E-state index is 13.2. The third-order valence-electron chi connectivity index (χ3n) is 2.89. The highest BCUT2D eigenvalue weighted by atomic mass is 19.1. The van der Waals surface area contributed by atoms with Crippen molar-refractivity contribution >= 4 is 11.6 Å². The molecule has 0 aliphatic rings.